The van der Waals surface area contributed by atoms with Gasteiger partial charge in [-0.2, -0.15) is 5.10 Å². The number of hydrogen-bond acceptors (Lipinski definition) is 6. The summed E-state index contributed by atoms with van der Waals surface area (Å²) in [4.78, 5) is 10.4. The lowest BCUT2D eigenvalue weighted by atomic mass is 10.4. The normalized spacial score (nSPS) is 11.7. The fraction of sp³-hybridized carbons (Fsp3) is 0.636. The van der Waals surface area contributed by atoms with Crippen LogP contribution in [-0.2, 0) is 30.8 Å². The van der Waals surface area contributed by atoms with E-state index in [2.05, 4.69) is 9.82 Å². The summed E-state index contributed by atoms with van der Waals surface area (Å²) in [6.07, 6.45) is 2.34. The van der Waals surface area contributed by atoms with Crippen LogP contribution in [0.15, 0.2) is 17.3 Å². The molecule has 1 aromatic heterocycles. The highest BCUT2D eigenvalue weighted by molar-refractivity contribution is 7.89. The molecule has 0 fully saturated rings. The van der Waals surface area contributed by atoms with Gasteiger partial charge in [0.05, 0.1) is 39.0 Å². The van der Waals surface area contributed by atoms with Crippen LogP contribution >= 0.6 is 0 Å². The summed E-state index contributed by atoms with van der Waals surface area (Å²) in [5.74, 6) is -0.971. The number of carboxylic acids is 1. The fourth-order valence-corrected chi connectivity index (χ4v) is 2.36. The van der Waals surface area contributed by atoms with Crippen LogP contribution < -0.4 is 4.72 Å². The van der Waals surface area contributed by atoms with Crippen LogP contribution in [0.4, 0.5) is 0 Å². The topological polar surface area (TPSA) is 120 Å². The van der Waals surface area contributed by atoms with Crippen LogP contribution in [0, 0.1) is 0 Å². The summed E-state index contributed by atoms with van der Waals surface area (Å²) in [7, 11) is -2.11. The first-order valence-corrected chi connectivity index (χ1v) is 7.74. The second-order valence-electron chi connectivity index (χ2n) is 4.09. The van der Waals surface area contributed by atoms with Crippen molar-refractivity contribution in [3.05, 3.63) is 12.4 Å². The Bertz CT molecular complexity index is 542. The molecule has 0 saturated heterocycles. The maximum Gasteiger partial charge on any atom is 0.305 e. The number of aryl methyl sites for hydroxylation is 1. The Balaban J connectivity index is 2.41. The lowest BCUT2D eigenvalue weighted by Gasteiger charge is -2.05. The largest absolute Gasteiger partial charge is 0.481 e. The summed E-state index contributed by atoms with van der Waals surface area (Å²) in [5.41, 5.74) is 0. The van der Waals surface area contributed by atoms with E-state index in [1.165, 1.54) is 17.1 Å². The maximum atomic E-state index is 11.9. The Kier molecular flexibility index (Phi) is 7.29. The number of nitrogens with one attached hydrogen (secondary N) is 1. The Morgan fingerprint density at radius 3 is 2.86 bits per heavy atom. The molecule has 0 bridgehead atoms. The number of nitrogens with zero attached hydrogens (tertiary/aromatic N) is 2. The van der Waals surface area contributed by atoms with E-state index in [4.69, 9.17) is 14.6 Å². The first kappa shape index (κ1) is 17.6. The zero-order valence-electron chi connectivity index (χ0n) is 11.7. The summed E-state index contributed by atoms with van der Waals surface area (Å²) in [6, 6.07) is 0. The quantitative estimate of drug-likeness (QED) is 0.517. The molecular weight excluding hydrogens is 302 g/mol. The zero-order valence-corrected chi connectivity index (χ0v) is 12.5. The molecule has 1 heterocycles. The molecule has 21 heavy (non-hydrogen) atoms. The van der Waals surface area contributed by atoms with Gasteiger partial charge in [0.15, 0.2) is 0 Å². The van der Waals surface area contributed by atoms with Gasteiger partial charge in [-0.15, -0.1) is 0 Å². The van der Waals surface area contributed by atoms with Gasteiger partial charge in [-0.1, -0.05) is 0 Å². The Morgan fingerprint density at radius 1 is 1.43 bits per heavy atom. The van der Waals surface area contributed by atoms with Gasteiger partial charge in [-0.05, 0) is 0 Å². The highest BCUT2D eigenvalue weighted by Gasteiger charge is 2.16. The third kappa shape index (κ3) is 6.67. The number of hydrogen-bond donors (Lipinski definition) is 2. The summed E-state index contributed by atoms with van der Waals surface area (Å²) in [6.45, 7) is 1.32. The molecule has 10 heteroatoms. The minimum atomic E-state index is -3.66. The lowest BCUT2D eigenvalue weighted by molar-refractivity contribution is -0.137. The highest BCUT2D eigenvalue weighted by atomic mass is 32.2. The third-order valence-corrected chi connectivity index (χ3v) is 3.86. The fourth-order valence-electron chi connectivity index (χ4n) is 1.39. The summed E-state index contributed by atoms with van der Waals surface area (Å²) >= 11 is 0. The molecular formula is C11H19N3O6S. The van der Waals surface area contributed by atoms with E-state index in [1.54, 1.807) is 7.11 Å². The molecule has 0 spiro atoms. The van der Waals surface area contributed by atoms with E-state index in [0.29, 0.717) is 13.2 Å². The molecule has 0 aromatic carbocycles. The van der Waals surface area contributed by atoms with E-state index in [1.807, 2.05) is 0 Å². The predicted molar refractivity (Wildman–Crippen MR) is 72.4 cm³/mol. The van der Waals surface area contributed by atoms with E-state index in [-0.39, 0.29) is 31.0 Å². The molecule has 0 unspecified atom stereocenters. The second kappa shape index (κ2) is 8.72. The summed E-state index contributed by atoms with van der Waals surface area (Å²) < 4.78 is 37.4. The molecule has 0 amide bonds. The van der Waals surface area contributed by atoms with E-state index < -0.39 is 16.0 Å². The Labute approximate surface area is 122 Å². The molecule has 0 radical (unpaired) electrons. The van der Waals surface area contributed by atoms with Crippen LogP contribution in [0.1, 0.15) is 6.42 Å². The average Bonchev–Trinajstić information content (AvgIpc) is 2.90. The van der Waals surface area contributed by atoms with Crippen LogP contribution in [0.25, 0.3) is 0 Å². The Hall–Kier alpha value is -1.49. The minimum absolute atomic E-state index is 0.00946. The van der Waals surface area contributed by atoms with E-state index in [0.717, 1.165) is 0 Å². The van der Waals surface area contributed by atoms with Crippen molar-refractivity contribution < 1.29 is 27.8 Å². The number of carboxylic acid groups (broad SMARTS) is 1. The van der Waals surface area contributed by atoms with Crippen molar-refractivity contribution in [3.63, 3.8) is 0 Å². The van der Waals surface area contributed by atoms with Crippen molar-refractivity contribution in [2.45, 2.75) is 17.9 Å². The van der Waals surface area contributed by atoms with Gasteiger partial charge in [-0.25, -0.2) is 13.1 Å². The number of aromatic nitrogens is 2. The second-order valence-corrected chi connectivity index (χ2v) is 5.85. The van der Waals surface area contributed by atoms with E-state index >= 15 is 0 Å². The first-order chi connectivity index (χ1) is 9.95. The number of sulfonamides is 1. The number of methoxy groups -OCH3 is 1. The first-order valence-electron chi connectivity index (χ1n) is 6.26. The smallest absolute Gasteiger partial charge is 0.305 e. The Morgan fingerprint density at radius 2 is 2.19 bits per heavy atom. The van der Waals surface area contributed by atoms with Gasteiger partial charge in [0.1, 0.15) is 4.90 Å². The van der Waals surface area contributed by atoms with Crippen molar-refractivity contribution in [1.82, 2.24) is 14.5 Å². The van der Waals surface area contributed by atoms with Crippen molar-refractivity contribution in [2.75, 3.05) is 33.5 Å². The molecule has 0 aliphatic heterocycles. The van der Waals surface area contributed by atoms with E-state index in [9.17, 15) is 13.2 Å². The number of carbonyl (C=O) groups is 1. The van der Waals surface area contributed by atoms with Gasteiger partial charge in [0.25, 0.3) is 0 Å². The van der Waals surface area contributed by atoms with Gasteiger partial charge < -0.3 is 14.6 Å². The zero-order chi connectivity index (χ0) is 15.7. The van der Waals surface area contributed by atoms with Gasteiger partial charge in [0.2, 0.25) is 10.0 Å². The monoisotopic (exact) mass is 321 g/mol. The lowest BCUT2D eigenvalue weighted by Crippen LogP contribution is -2.27. The molecule has 0 aliphatic carbocycles. The molecule has 0 aliphatic rings. The maximum absolute atomic E-state index is 11.9. The average molecular weight is 321 g/mol. The van der Waals surface area contributed by atoms with Crippen LogP contribution in [-0.4, -0.2) is 62.7 Å². The molecule has 1 aromatic rings. The standard InChI is InChI=1S/C11H19N3O6S/c1-19-6-7-20-5-3-13-21(17,18)10-8-12-14(9-10)4-2-11(15)16/h8-9,13H,2-7H2,1H3,(H,15,16). The molecule has 2 N–H and O–H groups in total. The summed E-state index contributed by atoms with van der Waals surface area (Å²) in [5, 5.41) is 12.4. The van der Waals surface area contributed by atoms with Crippen molar-refractivity contribution in [3.8, 4) is 0 Å². The van der Waals surface area contributed by atoms with Gasteiger partial charge in [-0.3, -0.25) is 9.48 Å². The highest BCUT2D eigenvalue weighted by Crippen LogP contribution is 2.06. The predicted octanol–water partition coefficient (Wildman–Crippen LogP) is -0.701. The van der Waals surface area contributed by atoms with Gasteiger partial charge >= 0.3 is 5.97 Å². The molecule has 1 rings (SSSR count). The van der Waals surface area contributed by atoms with Crippen molar-refractivity contribution in [1.29, 1.82) is 0 Å². The number of ether oxygens (including phenoxy) is 2. The number of rotatable bonds is 11. The molecule has 9 nitrogen and oxygen atoms in total. The third-order valence-electron chi connectivity index (χ3n) is 2.44. The molecule has 0 atom stereocenters. The van der Waals surface area contributed by atoms with Crippen LogP contribution in [0.3, 0.4) is 0 Å². The molecule has 0 saturated carbocycles. The minimum Gasteiger partial charge on any atom is -0.481 e. The molecule has 120 valence electrons. The number of aliphatic carboxylic acids is 1. The van der Waals surface area contributed by atoms with Crippen molar-refractivity contribution >= 4 is 16.0 Å². The van der Waals surface area contributed by atoms with Gasteiger partial charge in [0, 0.05) is 19.9 Å². The van der Waals surface area contributed by atoms with Crippen LogP contribution in [0.5, 0.6) is 0 Å². The van der Waals surface area contributed by atoms with Crippen molar-refractivity contribution in [2.24, 2.45) is 0 Å². The van der Waals surface area contributed by atoms with Crippen LogP contribution in [0.2, 0.25) is 0 Å². The SMILES string of the molecule is COCCOCCNS(=O)(=O)c1cnn(CCC(=O)O)c1.